The van der Waals surface area contributed by atoms with Crippen LogP contribution in [0.15, 0.2) is 0 Å². The number of carbonyl (C=O) groups excluding carboxylic acids is 3. The molecule has 0 aromatic rings. The Morgan fingerprint density at radius 2 is 1.88 bits per heavy atom. The van der Waals surface area contributed by atoms with Gasteiger partial charge in [-0.2, -0.15) is 0 Å². The van der Waals surface area contributed by atoms with Crippen LogP contribution < -0.4 is 5.32 Å². The average Bonchev–Trinajstić information content (AvgIpc) is 2.57. The molecule has 17 heavy (non-hydrogen) atoms. The molecule has 2 fully saturated rings. The van der Waals surface area contributed by atoms with Crippen molar-refractivity contribution in [3.8, 4) is 0 Å². The highest BCUT2D eigenvalue weighted by Gasteiger charge is 2.70. The van der Waals surface area contributed by atoms with E-state index in [1.54, 1.807) is 6.92 Å². The van der Waals surface area contributed by atoms with Crippen molar-refractivity contribution < 1.29 is 18.5 Å². The first-order chi connectivity index (χ1) is 8.89. The Balaban J connectivity index is 2.59. The third-order valence-electron chi connectivity index (χ3n) is 4.01. The predicted octanol–water partition coefficient (Wildman–Crippen LogP) is -0.0123. The molecule has 0 aromatic carbocycles. The summed E-state index contributed by atoms with van der Waals surface area (Å²) in [6.45, 7) is 0.0890. The number of hydrogen-bond donors (Lipinski definition) is 1. The van der Waals surface area contributed by atoms with Crippen LogP contribution in [-0.2, 0) is 4.79 Å². The van der Waals surface area contributed by atoms with E-state index < -0.39 is 36.1 Å². The SMILES string of the molecule is [2H]C([2H])([2H])C(=O)N1C(=O)N(C)[C@]2(C)N(C)C(=O)N[C@]12C. The third-order valence-corrected chi connectivity index (χ3v) is 4.01. The molecule has 0 bridgehead atoms. The van der Waals surface area contributed by atoms with Crippen molar-refractivity contribution in [1.82, 2.24) is 20.0 Å². The van der Waals surface area contributed by atoms with Gasteiger partial charge in [-0.05, 0) is 13.8 Å². The van der Waals surface area contributed by atoms with Gasteiger partial charge in [0.25, 0.3) is 0 Å². The van der Waals surface area contributed by atoms with Crippen LogP contribution in [0.4, 0.5) is 9.59 Å². The summed E-state index contributed by atoms with van der Waals surface area (Å²) in [7, 11) is 2.90. The maximum Gasteiger partial charge on any atom is 0.330 e. The highest BCUT2D eigenvalue weighted by Crippen LogP contribution is 2.44. The van der Waals surface area contributed by atoms with E-state index in [1.807, 2.05) is 0 Å². The molecule has 1 N–H and O–H groups in total. The number of imide groups is 1. The quantitative estimate of drug-likeness (QED) is 0.650. The summed E-state index contributed by atoms with van der Waals surface area (Å²) in [4.78, 5) is 39.3. The molecule has 2 saturated heterocycles. The normalized spacial score (nSPS) is 39.8. The first-order valence-corrected chi connectivity index (χ1v) is 5.07. The molecule has 0 spiro atoms. The lowest BCUT2D eigenvalue weighted by Gasteiger charge is -2.40. The molecule has 7 nitrogen and oxygen atoms in total. The van der Waals surface area contributed by atoms with E-state index in [4.69, 9.17) is 4.11 Å². The fourth-order valence-electron chi connectivity index (χ4n) is 2.57. The smallest absolute Gasteiger partial charge is 0.311 e. The highest BCUT2D eigenvalue weighted by molar-refractivity contribution is 5.99. The van der Waals surface area contributed by atoms with Crippen LogP contribution in [0, 0.1) is 0 Å². The molecular formula is C10H16N4O3. The number of nitrogens with zero attached hydrogens (tertiary/aromatic N) is 3. The third kappa shape index (κ3) is 0.992. The van der Waals surface area contributed by atoms with Crippen LogP contribution in [0.2, 0.25) is 0 Å². The maximum atomic E-state index is 12.3. The molecule has 2 heterocycles. The van der Waals surface area contributed by atoms with Crippen LogP contribution in [0.5, 0.6) is 0 Å². The minimum absolute atomic E-state index is 0.488. The van der Waals surface area contributed by atoms with E-state index in [1.165, 1.54) is 30.8 Å². The second-order valence-electron chi connectivity index (χ2n) is 4.56. The Labute approximate surface area is 104 Å². The standard InChI is InChI=1S/C10H16N4O3/c1-6(15)14-8(17)13(5)10(3)9(14,2)11-7(16)12(10)4/h1-5H3,(H,11,16)/t9-,10+/m1/s1/i1D3. The van der Waals surface area contributed by atoms with E-state index in [9.17, 15) is 14.4 Å². The van der Waals surface area contributed by atoms with Gasteiger partial charge in [-0.15, -0.1) is 0 Å². The maximum absolute atomic E-state index is 12.3. The summed E-state index contributed by atoms with van der Waals surface area (Å²) in [6, 6.07) is -1.25. The van der Waals surface area contributed by atoms with Gasteiger partial charge in [0.1, 0.15) is 0 Å². The molecule has 2 rings (SSSR count). The zero-order chi connectivity index (χ0) is 15.7. The van der Waals surface area contributed by atoms with E-state index >= 15 is 0 Å². The first kappa shape index (κ1) is 8.32. The lowest BCUT2D eigenvalue weighted by molar-refractivity contribution is -0.131. The van der Waals surface area contributed by atoms with E-state index in [0.717, 1.165) is 0 Å². The molecule has 0 aromatic heterocycles. The number of carbonyl (C=O) groups is 3. The van der Waals surface area contributed by atoms with Crippen molar-refractivity contribution in [3.05, 3.63) is 0 Å². The lowest BCUT2D eigenvalue weighted by atomic mass is 9.97. The number of rotatable bonds is 0. The summed E-state index contributed by atoms with van der Waals surface area (Å²) in [5, 5.41) is 2.53. The van der Waals surface area contributed by atoms with Crippen molar-refractivity contribution in [1.29, 1.82) is 0 Å². The number of likely N-dealkylation sites (N-methyl/N-ethyl adjacent to an activating group) is 2. The summed E-state index contributed by atoms with van der Waals surface area (Å²) in [6.07, 6.45) is 0. The van der Waals surface area contributed by atoms with Crippen LogP contribution in [0.1, 0.15) is 24.8 Å². The molecule has 0 aliphatic carbocycles. The Kier molecular flexibility index (Phi) is 1.42. The van der Waals surface area contributed by atoms with Crippen LogP contribution in [0.25, 0.3) is 0 Å². The topological polar surface area (TPSA) is 73.0 Å². The number of urea groups is 2. The molecule has 2 atom stereocenters. The Hall–Kier alpha value is -1.79. The van der Waals surface area contributed by atoms with E-state index in [2.05, 4.69) is 5.32 Å². The monoisotopic (exact) mass is 243 g/mol. The number of amides is 5. The van der Waals surface area contributed by atoms with Gasteiger partial charge in [0, 0.05) is 25.1 Å². The van der Waals surface area contributed by atoms with Crippen LogP contribution in [0.3, 0.4) is 0 Å². The zero-order valence-electron chi connectivity index (χ0n) is 13.1. The largest absolute Gasteiger partial charge is 0.330 e. The minimum Gasteiger partial charge on any atom is -0.311 e. The summed E-state index contributed by atoms with van der Waals surface area (Å²) in [5.74, 6) is -1.31. The molecule has 2 aliphatic heterocycles. The zero-order valence-corrected chi connectivity index (χ0v) is 10.1. The van der Waals surface area contributed by atoms with Crippen LogP contribution in [-0.4, -0.2) is 58.1 Å². The molecular weight excluding hydrogens is 224 g/mol. The number of nitrogens with one attached hydrogen (secondary N) is 1. The second-order valence-corrected chi connectivity index (χ2v) is 4.56. The predicted molar refractivity (Wildman–Crippen MR) is 58.8 cm³/mol. The van der Waals surface area contributed by atoms with Gasteiger partial charge >= 0.3 is 12.1 Å². The number of hydrogen-bond acceptors (Lipinski definition) is 3. The van der Waals surface area contributed by atoms with E-state index in [-0.39, 0.29) is 0 Å². The molecule has 0 radical (unpaired) electrons. The van der Waals surface area contributed by atoms with Crippen molar-refractivity contribution >= 4 is 18.0 Å². The summed E-state index contributed by atoms with van der Waals surface area (Å²) >= 11 is 0. The van der Waals surface area contributed by atoms with Gasteiger partial charge in [-0.25, -0.2) is 14.5 Å². The molecule has 0 unspecified atom stereocenters. The Bertz CT molecular complexity index is 522. The van der Waals surface area contributed by atoms with Gasteiger partial charge in [0.05, 0.1) is 0 Å². The number of fused-ring (bicyclic) bond motifs is 1. The van der Waals surface area contributed by atoms with Gasteiger partial charge in [-0.3, -0.25) is 4.79 Å². The Morgan fingerprint density at radius 1 is 1.29 bits per heavy atom. The van der Waals surface area contributed by atoms with Crippen molar-refractivity contribution in [3.63, 3.8) is 0 Å². The highest BCUT2D eigenvalue weighted by atomic mass is 16.2. The van der Waals surface area contributed by atoms with Crippen molar-refractivity contribution in [2.45, 2.75) is 32.0 Å². The molecule has 0 saturated carbocycles. The Morgan fingerprint density at radius 3 is 2.41 bits per heavy atom. The first-order valence-electron chi connectivity index (χ1n) is 6.57. The van der Waals surface area contributed by atoms with Gasteiger partial charge in [0.15, 0.2) is 11.3 Å². The fourth-order valence-corrected chi connectivity index (χ4v) is 2.57. The van der Waals surface area contributed by atoms with Crippen LogP contribution >= 0.6 is 0 Å². The molecule has 2 aliphatic rings. The summed E-state index contributed by atoms with van der Waals surface area (Å²) < 4.78 is 21.6. The second kappa shape index (κ2) is 2.91. The minimum atomic E-state index is -2.96. The fraction of sp³-hybridized carbons (Fsp3) is 0.700. The average molecular weight is 243 g/mol. The van der Waals surface area contributed by atoms with E-state index in [0.29, 0.717) is 4.90 Å². The van der Waals surface area contributed by atoms with Crippen molar-refractivity contribution in [2.75, 3.05) is 14.1 Å². The van der Waals surface area contributed by atoms with Crippen molar-refractivity contribution in [2.24, 2.45) is 0 Å². The van der Waals surface area contributed by atoms with Gasteiger partial charge in [-0.1, -0.05) is 0 Å². The summed E-state index contributed by atoms with van der Waals surface area (Å²) in [5.41, 5.74) is -2.61. The molecule has 5 amide bonds. The lowest BCUT2D eigenvalue weighted by Crippen LogP contribution is -2.63. The molecule has 7 heteroatoms. The van der Waals surface area contributed by atoms with Gasteiger partial charge in [0.2, 0.25) is 5.91 Å². The molecule has 94 valence electrons. The van der Waals surface area contributed by atoms with Gasteiger partial charge < -0.3 is 15.1 Å².